The highest BCUT2D eigenvalue weighted by Gasteiger charge is 2.24. The second kappa shape index (κ2) is 8.36. The average Bonchev–Trinajstić information content (AvgIpc) is 3.13. The molecule has 0 saturated heterocycles. The summed E-state index contributed by atoms with van der Waals surface area (Å²) < 4.78 is 1.90. The van der Waals surface area contributed by atoms with Gasteiger partial charge in [0.05, 0.1) is 40.0 Å². The molecule has 3 heterocycles. The van der Waals surface area contributed by atoms with Crippen LogP contribution in [0.4, 0.5) is 22.9 Å². The first-order valence-corrected chi connectivity index (χ1v) is 10.4. The Hall–Kier alpha value is -3.06. The van der Waals surface area contributed by atoms with E-state index < -0.39 is 0 Å². The first-order valence-electron chi connectivity index (χ1n) is 10.00. The highest BCUT2D eigenvalue weighted by Crippen LogP contribution is 2.32. The number of carbonyl (C=O) groups excluding carboxylic acids is 1. The first kappa shape index (κ1) is 20.2. The van der Waals surface area contributed by atoms with Crippen molar-refractivity contribution in [2.75, 3.05) is 24.2 Å². The highest BCUT2D eigenvalue weighted by atomic mass is 35.5. The van der Waals surface area contributed by atoms with Crippen molar-refractivity contribution >= 4 is 40.4 Å². The van der Waals surface area contributed by atoms with Crippen LogP contribution >= 0.6 is 11.6 Å². The molecule has 1 aromatic carbocycles. The van der Waals surface area contributed by atoms with Gasteiger partial charge in [0.15, 0.2) is 0 Å². The van der Waals surface area contributed by atoms with Crippen LogP contribution in [0.15, 0.2) is 42.9 Å². The average molecular weight is 425 g/mol. The maximum atomic E-state index is 12.7. The minimum atomic E-state index is 0.0143. The van der Waals surface area contributed by atoms with E-state index in [0.717, 1.165) is 36.4 Å². The van der Waals surface area contributed by atoms with Gasteiger partial charge in [0.2, 0.25) is 0 Å². The fourth-order valence-electron chi connectivity index (χ4n) is 3.54. The van der Waals surface area contributed by atoms with Gasteiger partial charge in [-0.3, -0.25) is 9.48 Å². The van der Waals surface area contributed by atoms with Crippen LogP contribution in [0.3, 0.4) is 0 Å². The number of halogens is 1. The summed E-state index contributed by atoms with van der Waals surface area (Å²) >= 11 is 6.39. The van der Waals surface area contributed by atoms with Gasteiger partial charge >= 0.3 is 0 Å². The van der Waals surface area contributed by atoms with Gasteiger partial charge in [-0.1, -0.05) is 37.6 Å². The maximum absolute atomic E-state index is 12.7. The standard InChI is InChI=1S/C22H25ClN6O/c1-14(2)12-29-13-16(10-25-29)26-20-9-19(17(23)11-24-20)27-18-6-4-5-15-7-8-28(3)22(30)21(15)18/h4-6,9-11,13-14H,7-8,12H2,1-3H3,(H2,24,26,27). The normalized spacial score (nSPS) is 13.5. The smallest absolute Gasteiger partial charge is 0.255 e. The number of hydrogen-bond donors (Lipinski definition) is 2. The van der Waals surface area contributed by atoms with E-state index in [1.165, 1.54) is 0 Å². The molecular formula is C22H25ClN6O. The topological polar surface area (TPSA) is 75.1 Å². The zero-order valence-corrected chi connectivity index (χ0v) is 18.1. The number of rotatable bonds is 6. The first-order chi connectivity index (χ1) is 14.4. The van der Waals surface area contributed by atoms with Gasteiger partial charge in [0.1, 0.15) is 5.82 Å². The molecule has 156 valence electrons. The molecule has 0 unspecified atom stereocenters. The van der Waals surface area contributed by atoms with Crippen molar-refractivity contribution in [1.82, 2.24) is 19.7 Å². The SMILES string of the molecule is CC(C)Cn1cc(Nc2cc(Nc3cccc4c3C(=O)N(C)CC4)c(Cl)cn2)cn1. The zero-order chi connectivity index (χ0) is 21.3. The van der Waals surface area contributed by atoms with Gasteiger partial charge in [0.25, 0.3) is 5.91 Å². The molecule has 4 rings (SSSR count). The molecule has 0 atom stereocenters. The summed E-state index contributed by atoms with van der Waals surface area (Å²) in [4.78, 5) is 18.8. The predicted molar refractivity (Wildman–Crippen MR) is 120 cm³/mol. The van der Waals surface area contributed by atoms with Crippen LogP contribution in [0.1, 0.15) is 29.8 Å². The second-order valence-corrected chi connectivity index (χ2v) is 8.37. The van der Waals surface area contributed by atoms with Gasteiger partial charge in [-0.05, 0) is 24.0 Å². The number of hydrogen-bond acceptors (Lipinski definition) is 5. The van der Waals surface area contributed by atoms with Gasteiger partial charge in [-0.25, -0.2) is 4.98 Å². The van der Waals surface area contributed by atoms with Crippen LogP contribution in [0.5, 0.6) is 0 Å². The quantitative estimate of drug-likeness (QED) is 0.599. The van der Waals surface area contributed by atoms with E-state index in [4.69, 9.17) is 11.6 Å². The molecule has 1 amide bonds. The summed E-state index contributed by atoms with van der Waals surface area (Å²) in [7, 11) is 1.82. The van der Waals surface area contributed by atoms with Crippen molar-refractivity contribution < 1.29 is 4.79 Å². The molecule has 30 heavy (non-hydrogen) atoms. The molecule has 0 bridgehead atoms. The third-order valence-corrected chi connectivity index (χ3v) is 5.31. The van der Waals surface area contributed by atoms with Gasteiger partial charge in [0, 0.05) is 32.4 Å². The number of nitrogens with zero attached hydrogens (tertiary/aromatic N) is 4. The number of likely N-dealkylation sites (N-methyl/N-ethyl adjacent to an activating group) is 1. The Morgan fingerprint density at radius 1 is 1.20 bits per heavy atom. The third-order valence-electron chi connectivity index (χ3n) is 5.01. The molecule has 8 heteroatoms. The number of carbonyl (C=O) groups is 1. The predicted octanol–water partition coefficient (Wildman–Crippen LogP) is 4.70. The number of aromatic nitrogens is 3. The Bertz CT molecular complexity index is 1080. The summed E-state index contributed by atoms with van der Waals surface area (Å²) in [5.41, 5.74) is 4.02. The minimum absolute atomic E-state index is 0.0143. The lowest BCUT2D eigenvalue weighted by molar-refractivity contribution is 0.0782. The fraction of sp³-hybridized carbons (Fsp3) is 0.318. The molecule has 3 aromatic rings. The molecule has 1 aliphatic heterocycles. The van der Waals surface area contributed by atoms with E-state index in [1.807, 2.05) is 42.2 Å². The molecule has 1 aliphatic rings. The molecule has 0 radical (unpaired) electrons. The highest BCUT2D eigenvalue weighted by molar-refractivity contribution is 6.33. The number of nitrogens with one attached hydrogen (secondary N) is 2. The Kier molecular flexibility index (Phi) is 5.63. The van der Waals surface area contributed by atoms with Crippen LogP contribution in [0.25, 0.3) is 0 Å². The monoisotopic (exact) mass is 424 g/mol. The minimum Gasteiger partial charge on any atom is -0.353 e. The summed E-state index contributed by atoms with van der Waals surface area (Å²) in [6, 6.07) is 7.69. The number of pyridine rings is 1. The number of benzene rings is 1. The summed E-state index contributed by atoms with van der Waals surface area (Å²) in [6.07, 6.45) is 6.15. The Labute approximate surface area is 181 Å². The van der Waals surface area contributed by atoms with Crippen LogP contribution in [-0.4, -0.2) is 39.2 Å². The van der Waals surface area contributed by atoms with Crippen LogP contribution in [0.2, 0.25) is 5.02 Å². The van der Waals surface area contributed by atoms with Crippen LogP contribution in [0, 0.1) is 5.92 Å². The lowest BCUT2D eigenvalue weighted by Crippen LogP contribution is -2.34. The van der Waals surface area contributed by atoms with Crippen molar-refractivity contribution in [2.45, 2.75) is 26.8 Å². The summed E-state index contributed by atoms with van der Waals surface area (Å²) in [5.74, 6) is 1.17. The number of amides is 1. The van der Waals surface area contributed by atoms with Crippen molar-refractivity contribution in [3.8, 4) is 0 Å². The van der Waals surface area contributed by atoms with Crippen molar-refractivity contribution in [1.29, 1.82) is 0 Å². The molecule has 2 aromatic heterocycles. The number of fused-ring (bicyclic) bond motifs is 1. The molecule has 0 fully saturated rings. The molecule has 0 saturated carbocycles. The largest absolute Gasteiger partial charge is 0.353 e. The Morgan fingerprint density at radius 3 is 2.83 bits per heavy atom. The summed E-state index contributed by atoms with van der Waals surface area (Å²) in [5, 5.41) is 11.4. The maximum Gasteiger partial charge on any atom is 0.255 e. The van der Waals surface area contributed by atoms with E-state index >= 15 is 0 Å². The molecule has 2 N–H and O–H groups in total. The van der Waals surface area contributed by atoms with Gasteiger partial charge in [-0.15, -0.1) is 0 Å². The van der Waals surface area contributed by atoms with Crippen molar-refractivity contribution in [3.63, 3.8) is 0 Å². The second-order valence-electron chi connectivity index (χ2n) is 7.96. The van der Waals surface area contributed by atoms with E-state index in [-0.39, 0.29) is 5.91 Å². The van der Waals surface area contributed by atoms with Crippen molar-refractivity contribution in [2.24, 2.45) is 5.92 Å². The Balaban J connectivity index is 1.58. The molecule has 0 aliphatic carbocycles. The van der Waals surface area contributed by atoms with E-state index in [2.05, 4.69) is 34.6 Å². The third kappa shape index (κ3) is 4.26. The fourth-order valence-corrected chi connectivity index (χ4v) is 3.69. The van der Waals surface area contributed by atoms with Crippen LogP contribution < -0.4 is 10.6 Å². The van der Waals surface area contributed by atoms with E-state index in [9.17, 15) is 4.79 Å². The van der Waals surface area contributed by atoms with Crippen LogP contribution in [-0.2, 0) is 13.0 Å². The lowest BCUT2D eigenvalue weighted by Gasteiger charge is -2.27. The van der Waals surface area contributed by atoms with Gasteiger partial charge in [-0.2, -0.15) is 5.10 Å². The molecular weight excluding hydrogens is 400 g/mol. The lowest BCUT2D eigenvalue weighted by atomic mass is 9.97. The summed E-state index contributed by atoms with van der Waals surface area (Å²) in [6.45, 7) is 5.88. The van der Waals surface area contributed by atoms with Gasteiger partial charge < -0.3 is 15.5 Å². The number of anilines is 4. The Morgan fingerprint density at radius 2 is 2.03 bits per heavy atom. The van der Waals surface area contributed by atoms with E-state index in [1.54, 1.807) is 17.3 Å². The van der Waals surface area contributed by atoms with E-state index in [0.29, 0.717) is 28.0 Å². The zero-order valence-electron chi connectivity index (χ0n) is 17.3. The molecule has 7 nitrogen and oxygen atoms in total. The van der Waals surface area contributed by atoms with Crippen molar-refractivity contribution in [3.05, 3.63) is 59.0 Å². The molecule has 0 spiro atoms.